The minimum atomic E-state index is -1.22. The van der Waals surface area contributed by atoms with Gasteiger partial charge in [0.1, 0.15) is 5.82 Å². The van der Waals surface area contributed by atoms with Gasteiger partial charge in [-0.05, 0) is 29.7 Å². The summed E-state index contributed by atoms with van der Waals surface area (Å²) < 4.78 is 14.8. The van der Waals surface area contributed by atoms with Gasteiger partial charge < -0.3 is 10.4 Å². The third kappa shape index (κ3) is 3.69. The Bertz CT molecular complexity index is 712. The molecule has 0 saturated carbocycles. The van der Waals surface area contributed by atoms with E-state index in [0.29, 0.717) is 16.7 Å². The maximum Gasteiger partial charge on any atom is 0.330 e. The summed E-state index contributed by atoms with van der Waals surface area (Å²) in [5.41, 5.74) is 1.33. The Labute approximate surface area is 126 Å². The second-order valence-electron chi connectivity index (χ2n) is 5.05. The van der Waals surface area contributed by atoms with Crippen LogP contribution in [0.1, 0.15) is 22.7 Å². The molecule has 22 heavy (non-hydrogen) atoms. The van der Waals surface area contributed by atoms with Gasteiger partial charge in [0, 0.05) is 13.2 Å². The first-order valence-corrected chi connectivity index (χ1v) is 6.62. The van der Waals surface area contributed by atoms with E-state index in [9.17, 15) is 19.1 Å². The van der Waals surface area contributed by atoms with Crippen molar-refractivity contribution in [1.29, 1.82) is 0 Å². The molecule has 116 valence electrons. The second kappa shape index (κ2) is 6.38. The molecule has 7 heteroatoms. The number of hydrogen-bond acceptors (Lipinski definition) is 3. The number of benzene rings is 1. The van der Waals surface area contributed by atoms with E-state index in [4.69, 9.17) is 0 Å². The number of rotatable bonds is 5. The van der Waals surface area contributed by atoms with Crippen molar-refractivity contribution >= 4 is 11.9 Å². The first-order chi connectivity index (χ1) is 10.4. The van der Waals surface area contributed by atoms with E-state index in [2.05, 4.69) is 10.4 Å². The number of hydrogen-bond donors (Lipinski definition) is 2. The molecule has 0 bridgehead atoms. The molecule has 0 radical (unpaired) electrons. The molecule has 1 atom stereocenters. The molecule has 1 aromatic heterocycles. The minimum Gasteiger partial charge on any atom is -0.479 e. The van der Waals surface area contributed by atoms with Crippen LogP contribution in [0.15, 0.2) is 30.6 Å². The molecular formula is C15H16FN3O3. The highest BCUT2D eigenvalue weighted by Gasteiger charge is 2.22. The molecule has 0 aliphatic heterocycles. The van der Waals surface area contributed by atoms with E-state index in [0.717, 1.165) is 0 Å². The molecule has 2 rings (SSSR count). The molecule has 0 aliphatic carbocycles. The van der Waals surface area contributed by atoms with E-state index >= 15 is 0 Å². The standard InChI is InChI=1S/C15H16FN3O3/c1-9-5-11(3-4-12(9)16)14(15(21)22)18-13(20)6-10-7-17-19(2)8-10/h3-5,7-8,14H,6H2,1-2H3,(H,18,20)(H,21,22). The monoisotopic (exact) mass is 305 g/mol. The van der Waals surface area contributed by atoms with Crippen molar-refractivity contribution in [2.45, 2.75) is 19.4 Å². The van der Waals surface area contributed by atoms with Crippen LogP contribution in [0.4, 0.5) is 4.39 Å². The number of carbonyl (C=O) groups excluding carboxylic acids is 1. The number of carboxylic acid groups (broad SMARTS) is 1. The van der Waals surface area contributed by atoms with Gasteiger partial charge in [-0.3, -0.25) is 9.48 Å². The number of halogens is 1. The number of amides is 1. The lowest BCUT2D eigenvalue weighted by Gasteiger charge is -2.15. The van der Waals surface area contributed by atoms with E-state index in [1.807, 2.05) is 0 Å². The molecule has 1 amide bonds. The predicted molar refractivity (Wildman–Crippen MR) is 76.6 cm³/mol. The van der Waals surface area contributed by atoms with Crippen molar-refractivity contribution in [2.75, 3.05) is 0 Å². The lowest BCUT2D eigenvalue weighted by atomic mass is 10.0. The highest BCUT2D eigenvalue weighted by molar-refractivity contribution is 5.85. The van der Waals surface area contributed by atoms with Crippen LogP contribution >= 0.6 is 0 Å². The number of aryl methyl sites for hydroxylation is 2. The molecule has 1 unspecified atom stereocenters. The van der Waals surface area contributed by atoms with Crippen molar-refractivity contribution in [3.8, 4) is 0 Å². The zero-order chi connectivity index (χ0) is 16.3. The van der Waals surface area contributed by atoms with E-state index in [1.165, 1.54) is 31.3 Å². The number of aliphatic carboxylic acids is 1. The second-order valence-corrected chi connectivity index (χ2v) is 5.05. The van der Waals surface area contributed by atoms with Crippen molar-refractivity contribution in [2.24, 2.45) is 7.05 Å². The summed E-state index contributed by atoms with van der Waals surface area (Å²) in [4.78, 5) is 23.3. The van der Waals surface area contributed by atoms with Crippen LogP contribution in [0.2, 0.25) is 0 Å². The molecule has 1 aromatic carbocycles. The third-order valence-corrected chi connectivity index (χ3v) is 3.19. The highest BCUT2D eigenvalue weighted by atomic mass is 19.1. The van der Waals surface area contributed by atoms with Crippen LogP contribution in [0.3, 0.4) is 0 Å². The van der Waals surface area contributed by atoms with Crippen LogP contribution in [-0.2, 0) is 23.1 Å². The number of nitrogens with one attached hydrogen (secondary N) is 1. The Morgan fingerprint density at radius 1 is 1.45 bits per heavy atom. The third-order valence-electron chi connectivity index (χ3n) is 3.19. The summed E-state index contributed by atoms with van der Waals surface area (Å²) in [5.74, 6) is -2.07. The van der Waals surface area contributed by atoms with Gasteiger partial charge in [-0.2, -0.15) is 5.10 Å². The van der Waals surface area contributed by atoms with Crippen molar-refractivity contribution in [1.82, 2.24) is 15.1 Å². The van der Waals surface area contributed by atoms with Gasteiger partial charge >= 0.3 is 5.97 Å². The average Bonchev–Trinajstić information content (AvgIpc) is 2.84. The first kappa shape index (κ1) is 15.7. The van der Waals surface area contributed by atoms with Gasteiger partial charge in [0.15, 0.2) is 6.04 Å². The summed E-state index contributed by atoms with van der Waals surface area (Å²) in [7, 11) is 1.72. The van der Waals surface area contributed by atoms with Crippen molar-refractivity contribution in [3.63, 3.8) is 0 Å². The Morgan fingerprint density at radius 3 is 2.73 bits per heavy atom. The molecule has 6 nitrogen and oxygen atoms in total. The van der Waals surface area contributed by atoms with Gasteiger partial charge in [-0.15, -0.1) is 0 Å². The van der Waals surface area contributed by atoms with Crippen LogP contribution in [0, 0.1) is 12.7 Å². The van der Waals surface area contributed by atoms with Crippen LogP contribution in [0.5, 0.6) is 0 Å². The van der Waals surface area contributed by atoms with Crippen LogP contribution in [0.25, 0.3) is 0 Å². The molecule has 0 spiro atoms. The first-order valence-electron chi connectivity index (χ1n) is 6.62. The zero-order valence-corrected chi connectivity index (χ0v) is 12.2. The van der Waals surface area contributed by atoms with Gasteiger partial charge in [0.25, 0.3) is 0 Å². The largest absolute Gasteiger partial charge is 0.479 e. The van der Waals surface area contributed by atoms with Gasteiger partial charge in [-0.1, -0.05) is 12.1 Å². The zero-order valence-electron chi connectivity index (χ0n) is 12.2. The smallest absolute Gasteiger partial charge is 0.330 e. The normalized spacial score (nSPS) is 12.0. The van der Waals surface area contributed by atoms with Gasteiger partial charge in [0.05, 0.1) is 12.6 Å². The Morgan fingerprint density at radius 2 is 2.18 bits per heavy atom. The fraction of sp³-hybridized carbons (Fsp3) is 0.267. The van der Waals surface area contributed by atoms with Crippen molar-refractivity contribution < 1.29 is 19.1 Å². The van der Waals surface area contributed by atoms with Crippen LogP contribution < -0.4 is 5.32 Å². The van der Waals surface area contributed by atoms with E-state index in [1.54, 1.807) is 17.9 Å². The average molecular weight is 305 g/mol. The van der Waals surface area contributed by atoms with E-state index in [-0.39, 0.29) is 6.42 Å². The Hall–Kier alpha value is -2.70. The summed E-state index contributed by atoms with van der Waals surface area (Å²) in [6.45, 7) is 1.54. The number of aromatic nitrogens is 2. The summed E-state index contributed by atoms with van der Waals surface area (Å²) in [6.07, 6.45) is 3.24. The summed E-state index contributed by atoms with van der Waals surface area (Å²) >= 11 is 0. The van der Waals surface area contributed by atoms with Crippen molar-refractivity contribution in [3.05, 3.63) is 53.1 Å². The lowest BCUT2D eigenvalue weighted by Crippen LogP contribution is -2.34. The lowest BCUT2D eigenvalue weighted by molar-refractivity contribution is -0.142. The molecular weight excluding hydrogens is 289 g/mol. The number of carbonyl (C=O) groups is 2. The fourth-order valence-corrected chi connectivity index (χ4v) is 2.10. The highest BCUT2D eigenvalue weighted by Crippen LogP contribution is 2.17. The molecule has 1 heterocycles. The van der Waals surface area contributed by atoms with Crippen LogP contribution in [-0.4, -0.2) is 26.8 Å². The maximum absolute atomic E-state index is 13.3. The Balaban J connectivity index is 2.13. The fourth-order valence-electron chi connectivity index (χ4n) is 2.10. The molecule has 0 aliphatic rings. The molecule has 0 saturated heterocycles. The molecule has 2 aromatic rings. The van der Waals surface area contributed by atoms with Gasteiger partial charge in [0.2, 0.25) is 5.91 Å². The molecule has 2 N–H and O–H groups in total. The quantitative estimate of drug-likeness (QED) is 0.873. The van der Waals surface area contributed by atoms with Gasteiger partial charge in [-0.25, -0.2) is 9.18 Å². The maximum atomic E-state index is 13.3. The predicted octanol–water partition coefficient (Wildman–Crippen LogP) is 1.35. The number of nitrogens with zero attached hydrogens (tertiary/aromatic N) is 2. The Kier molecular flexibility index (Phi) is 4.55. The topological polar surface area (TPSA) is 84.2 Å². The SMILES string of the molecule is Cc1cc(C(NC(=O)Cc2cnn(C)c2)C(=O)O)ccc1F. The van der Waals surface area contributed by atoms with E-state index < -0.39 is 23.7 Å². The summed E-state index contributed by atoms with van der Waals surface area (Å²) in [5, 5.41) is 15.7. The summed E-state index contributed by atoms with van der Waals surface area (Å²) in [6, 6.07) is 2.74. The minimum absolute atomic E-state index is 0.0256. The number of carboxylic acids is 1. The molecule has 0 fully saturated rings.